The van der Waals surface area contributed by atoms with Crippen LogP contribution in [-0.4, -0.2) is 11.7 Å². The smallest absolute Gasteiger partial charge is 0.0431 e. The fourth-order valence-electron chi connectivity index (χ4n) is 2.87. The van der Waals surface area contributed by atoms with Crippen molar-refractivity contribution in [3.05, 3.63) is 48.0 Å². The van der Waals surface area contributed by atoms with Gasteiger partial charge in [-0.2, -0.15) is 0 Å². The summed E-state index contributed by atoms with van der Waals surface area (Å²) in [5, 5.41) is 9.05. The van der Waals surface area contributed by atoms with E-state index in [1.165, 1.54) is 24.8 Å². The molecule has 1 unspecified atom stereocenters. The minimum absolute atomic E-state index is 0.294. The van der Waals surface area contributed by atoms with Crippen LogP contribution < -0.4 is 0 Å². The molecule has 0 spiro atoms. The lowest BCUT2D eigenvalue weighted by molar-refractivity contribution is 0.231. The molecular weight excluding hydrogens is 208 g/mol. The number of aliphatic hydroxyl groups is 1. The van der Waals surface area contributed by atoms with Crippen molar-refractivity contribution >= 4 is 0 Å². The van der Waals surface area contributed by atoms with Crippen LogP contribution in [-0.2, 0) is 6.42 Å². The van der Waals surface area contributed by atoms with Gasteiger partial charge in [0.05, 0.1) is 0 Å². The molecule has 1 aromatic rings. The Kier molecular flexibility index (Phi) is 4.38. The van der Waals surface area contributed by atoms with Crippen molar-refractivity contribution in [1.82, 2.24) is 0 Å². The van der Waals surface area contributed by atoms with E-state index in [4.69, 9.17) is 5.11 Å². The molecule has 0 heterocycles. The lowest BCUT2D eigenvalue weighted by Crippen LogP contribution is -2.23. The second-order valence-electron chi connectivity index (χ2n) is 5.15. The summed E-state index contributed by atoms with van der Waals surface area (Å²) in [4.78, 5) is 0. The largest absolute Gasteiger partial charge is 0.396 e. The van der Waals surface area contributed by atoms with Gasteiger partial charge in [-0.05, 0) is 49.5 Å². The number of rotatable bonds is 5. The van der Waals surface area contributed by atoms with Crippen LogP contribution in [0.1, 0.15) is 37.7 Å². The molecule has 17 heavy (non-hydrogen) atoms. The van der Waals surface area contributed by atoms with Crippen LogP contribution in [0.25, 0.3) is 0 Å². The van der Waals surface area contributed by atoms with Gasteiger partial charge in [0.2, 0.25) is 0 Å². The number of allylic oxidation sites excluding steroid dienone is 2. The average Bonchev–Trinajstić information content (AvgIpc) is 2.39. The summed E-state index contributed by atoms with van der Waals surface area (Å²) in [5.74, 6) is 0. The standard InChI is InChI=1S/C16H22O/c17-13-7-12-16(10-5-2-6-11-16)14-15-8-3-1-4-9-15/h1,3-5,8-10,17H,2,6-7,11-14H2. The molecule has 0 bridgehead atoms. The summed E-state index contributed by atoms with van der Waals surface area (Å²) in [6.07, 6.45) is 11.6. The molecule has 1 nitrogen and oxygen atoms in total. The van der Waals surface area contributed by atoms with Gasteiger partial charge in [0, 0.05) is 6.61 Å². The Morgan fingerprint density at radius 1 is 1.18 bits per heavy atom. The third-order valence-corrected chi connectivity index (χ3v) is 3.75. The number of hydrogen-bond donors (Lipinski definition) is 1. The van der Waals surface area contributed by atoms with Crippen LogP contribution in [0, 0.1) is 5.41 Å². The number of benzene rings is 1. The van der Waals surface area contributed by atoms with Crippen molar-refractivity contribution in [3.8, 4) is 0 Å². The average molecular weight is 230 g/mol. The van der Waals surface area contributed by atoms with Crippen LogP contribution in [0.4, 0.5) is 0 Å². The van der Waals surface area contributed by atoms with Crippen molar-refractivity contribution in [3.63, 3.8) is 0 Å². The van der Waals surface area contributed by atoms with E-state index in [-0.39, 0.29) is 0 Å². The van der Waals surface area contributed by atoms with Crippen LogP contribution >= 0.6 is 0 Å². The first kappa shape index (κ1) is 12.4. The van der Waals surface area contributed by atoms with E-state index in [0.717, 1.165) is 19.3 Å². The predicted octanol–water partition coefficient (Wildman–Crippen LogP) is 3.73. The number of aliphatic hydroxyl groups excluding tert-OH is 1. The maximum atomic E-state index is 9.05. The van der Waals surface area contributed by atoms with Gasteiger partial charge in [-0.1, -0.05) is 42.5 Å². The molecule has 1 N–H and O–H groups in total. The van der Waals surface area contributed by atoms with Crippen LogP contribution in [0.3, 0.4) is 0 Å². The van der Waals surface area contributed by atoms with Gasteiger partial charge in [0.15, 0.2) is 0 Å². The number of hydrogen-bond acceptors (Lipinski definition) is 1. The van der Waals surface area contributed by atoms with E-state index in [1.807, 2.05) is 0 Å². The second kappa shape index (κ2) is 6.02. The Labute approximate surface area is 104 Å². The molecule has 1 atom stereocenters. The van der Waals surface area contributed by atoms with E-state index >= 15 is 0 Å². The minimum atomic E-state index is 0.294. The monoisotopic (exact) mass is 230 g/mol. The van der Waals surface area contributed by atoms with Gasteiger partial charge in [0.25, 0.3) is 0 Å². The van der Waals surface area contributed by atoms with E-state index in [0.29, 0.717) is 12.0 Å². The highest BCUT2D eigenvalue weighted by Gasteiger charge is 2.28. The summed E-state index contributed by atoms with van der Waals surface area (Å²) in [7, 11) is 0. The maximum Gasteiger partial charge on any atom is 0.0431 e. The zero-order valence-corrected chi connectivity index (χ0v) is 10.4. The van der Waals surface area contributed by atoms with Gasteiger partial charge in [0.1, 0.15) is 0 Å². The zero-order chi connectivity index (χ0) is 12.0. The maximum absolute atomic E-state index is 9.05. The highest BCUT2D eigenvalue weighted by Crippen LogP contribution is 2.38. The Hall–Kier alpha value is -1.08. The van der Waals surface area contributed by atoms with Gasteiger partial charge >= 0.3 is 0 Å². The Morgan fingerprint density at radius 3 is 2.65 bits per heavy atom. The molecule has 1 aliphatic rings. The molecule has 1 aromatic carbocycles. The highest BCUT2D eigenvalue weighted by molar-refractivity contribution is 5.19. The Morgan fingerprint density at radius 2 is 2.00 bits per heavy atom. The molecule has 2 rings (SSSR count). The lowest BCUT2D eigenvalue weighted by Gasteiger charge is -2.33. The summed E-state index contributed by atoms with van der Waals surface area (Å²) in [6, 6.07) is 10.7. The lowest BCUT2D eigenvalue weighted by atomic mass is 9.71. The first-order valence-corrected chi connectivity index (χ1v) is 6.67. The van der Waals surface area contributed by atoms with E-state index < -0.39 is 0 Å². The highest BCUT2D eigenvalue weighted by atomic mass is 16.2. The SMILES string of the molecule is OCCCC1(Cc2ccccc2)C=CCCC1. The first-order chi connectivity index (χ1) is 8.35. The molecule has 0 radical (unpaired) electrons. The van der Waals surface area contributed by atoms with E-state index in [2.05, 4.69) is 42.5 Å². The third kappa shape index (κ3) is 3.44. The van der Waals surface area contributed by atoms with Gasteiger partial charge < -0.3 is 5.11 Å². The quantitative estimate of drug-likeness (QED) is 0.764. The Bertz CT molecular complexity index is 355. The normalized spacial score (nSPS) is 23.8. The third-order valence-electron chi connectivity index (χ3n) is 3.75. The van der Waals surface area contributed by atoms with E-state index in [1.54, 1.807) is 0 Å². The second-order valence-corrected chi connectivity index (χ2v) is 5.15. The predicted molar refractivity (Wildman–Crippen MR) is 71.9 cm³/mol. The summed E-state index contributed by atoms with van der Waals surface area (Å²) in [6.45, 7) is 0.310. The molecule has 0 amide bonds. The fourth-order valence-corrected chi connectivity index (χ4v) is 2.87. The van der Waals surface area contributed by atoms with Gasteiger partial charge in [-0.25, -0.2) is 0 Å². The summed E-state index contributed by atoms with van der Waals surface area (Å²) >= 11 is 0. The van der Waals surface area contributed by atoms with Crippen LogP contribution in [0.2, 0.25) is 0 Å². The van der Waals surface area contributed by atoms with Gasteiger partial charge in [-0.3, -0.25) is 0 Å². The molecular formula is C16H22O. The molecule has 92 valence electrons. The molecule has 0 fully saturated rings. The van der Waals surface area contributed by atoms with Crippen LogP contribution in [0.5, 0.6) is 0 Å². The van der Waals surface area contributed by atoms with Crippen molar-refractivity contribution in [2.75, 3.05) is 6.61 Å². The van der Waals surface area contributed by atoms with Crippen molar-refractivity contribution in [1.29, 1.82) is 0 Å². The summed E-state index contributed by atoms with van der Waals surface area (Å²) < 4.78 is 0. The summed E-state index contributed by atoms with van der Waals surface area (Å²) in [5.41, 5.74) is 1.71. The van der Waals surface area contributed by atoms with Crippen molar-refractivity contribution in [2.24, 2.45) is 5.41 Å². The fraction of sp³-hybridized carbons (Fsp3) is 0.500. The molecule has 1 aliphatic carbocycles. The molecule has 0 saturated heterocycles. The minimum Gasteiger partial charge on any atom is -0.396 e. The topological polar surface area (TPSA) is 20.2 Å². The molecule has 0 aliphatic heterocycles. The zero-order valence-electron chi connectivity index (χ0n) is 10.4. The van der Waals surface area contributed by atoms with Gasteiger partial charge in [-0.15, -0.1) is 0 Å². The van der Waals surface area contributed by atoms with Crippen molar-refractivity contribution < 1.29 is 5.11 Å². The van der Waals surface area contributed by atoms with E-state index in [9.17, 15) is 0 Å². The Balaban J connectivity index is 2.10. The first-order valence-electron chi connectivity index (χ1n) is 6.67. The van der Waals surface area contributed by atoms with Crippen molar-refractivity contribution in [2.45, 2.75) is 38.5 Å². The molecule has 0 saturated carbocycles. The molecule has 0 aromatic heterocycles. The van der Waals surface area contributed by atoms with Crippen LogP contribution in [0.15, 0.2) is 42.5 Å². The molecule has 1 heteroatoms.